The first-order valence-electron chi connectivity index (χ1n) is 8.04. The summed E-state index contributed by atoms with van der Waals surface area (Å²) in [5.74, 6) is 2.43. The Morgan fingerprint density at radius 1 is 1.10 bits per heavy atom. The van der Waals surface area contributed by atoms with Gasteiger partial charge in [0.1, 0.15) is 13.2 Å². The van der Waals surface area contributed by atoms with E-state index in [1.54, 1.807) is 0 Å². The highest BCUT2D eigenvalue weighted by Crippen LogP contribution is 2.35. The summed E-state index contributed by atoms with van der Waals surface area (Å²) < 4.78 is 11.3. The smallest absolute Gasteiger partial charge is 0.161 e. The molecule has 2 atom stereocenters. The normalized spacial score (nSPS) is 22.8. The average molecular weight is 290 g/mol. The van der Waals surface area contributed by atoms with E-state index in [1.807, 2.05) is 6.07 Å². The third-order valence-corrected chi connectivity index (χ3v) is 4.91. The summed E-state index contributed by atoms with van der Waals surface area (Å²) in [5, 5.41) is 0. The first-order valence-corrected chi connectivity index (χ1v) is 8.04. The van der Waals surface area contributed by atoms with Gasteiger partial charge in [0.25, 0.3) is 0 Å². The highest BCUT2D eigenvalue weighted by Gasteiger charge is 2.26. The van der Waals surface area contributed by atoms with E-state index in [-0.39, 0.29) is 0 Å². The van der Waals surface area contributed by atoms with E-state index in [1.165, 1.54) is 18.4 Å². The Bertz CT molecular complexity index is 482. The van der Waals surface area contributed by atoms with Crippen molar-refractivity contribution in [3.8, 4) is 11.5 Å². The second-order valence-corrected chi connectivity index (χ2v) is 6.31. The molecule has 4 nitrogen and oxygen atoms in total. The molecule has 0 bridgehead atoms. The molecule has 0 radical (unpaired) electrons. The zero-order chi connectivity index (χ0) is 14.8. The van der Waals surface area contributed by atoms with Crippen LogP contribution in [-0.2, 0) is 0 Å². The minimum atomic E-state index is 0.316. The van der Waals surface area contributed by atoms with Gasteiger partial charge in [-0.15, -0.1) is 0 Å². The quantitative estimate of drug-likeness (QED) is 0.929. The Morgan fingerprint density at radius 3 is 2.43 bits per heavy atom. The zero-order valence-corrected chi connectivity index (χ0v) is 13.0. The molecule has 3 rings (SSSR count). The van der Waals surface area contributed by atoms with Crippen molar-refractivity contribution in [3.05, 3.63) is 23.8 Å². The van der Waals surface area contributed by atoms with Crippen molar-refractivity contribution < 1.29 is 9.47 Å². The minimum Gasteiger partial charge on any atom is -0.486 e. The number of piperidine rings is 1. The summed E-state index contributed by atoms with van der Waals surface area (Å²) in [4.78, 5) is 2.55. The van der Waals surface area contributed by atoms with Gasteiger partial charge in [-0.3, -0.25) is 4.90 Å². The van der Waals surface area contributed by atoms with E-state index < -0.39 is 0 Å². The summed E-state index contributed by atoms with van der Waals surface area (Å²) in [6, 6.07) is 7.06. The van der Waals surface area contributed by atoms with E-state index in [0.717, 1.165) is 24.6 Å². The van der Waals surface area contributed by atoms with Gasteiger partial charge in [-0.1, -0.05) is 6.07 Å². The van der Waals surface area contributed by atoms with Gasteiger partial charge in [0.15, 0.2) is 11.5 Å². The third-order valence-electron chi connectivity index (χ3n) is 4.91. The van der Waals surface area contributed by atoms with E-state index in [0.29, 0.717) is 31.2 Å². The van der Waals surface area contributed by atoms with Crippen LogP contribution in [0.1, 0.15) is 38.3 Å². The first-order chi connectivity index (χ1) is 10.1. The van der Waals surface area contributed by atoms with Crippen LogP contribution in [0, 0.1) is 5.92 Å². The van der Waals surface area contributed by atoms with Crippen LogP contribution >= 0.6 is 0 Å². The van der Waals surface area contributed by atoms with Gasteiger partial charge in [-0.05, 0) is 63.4 Å². The van der Waals surface area contributed by atoms with Gasteiger partial charge >= 0.3 is 0 Å². The lowest BCUT2D eigenvalue weighted by atomic mass is 9.89. The molecule has 21 heavy (non-hydrogen) atoms. The zero-order valence-electron chi connectivity index (χ0n) is 13.0. The SMILES string of the molecule is CC(N)C1CCN(C(C)c2ccc3c(c2)OCCO3)CC1. The highest BCUT2D eigenvalue weighted by atomic mass is 16.6. The van der Waals surface area contributed by atoms with Gasteiger partial charge in [-0.2, -0.15) is 0 Å². The first kappa shape index (κ1) is 14.7. The predicted molar refractivity (Wildman–Crippen MR) is 83.8 cm³/mol. The molecule has 0 aromatic heterocycles. The Morgan fingerprint density at radius 2 is 1.76 bits per heavy atom. The molecule has 1 aromatic carbocycles. The maximum Gasteiger partial charge on any atom is 0.161 e. The number of ether oxygens (including phenoxy) is 2. The summed E-state index contributed by atoms with van der Waals surface area (Å²) >= 11 is 0. The Hall–Kier alpha value is -1.26. The molecule has 0 amide bonds. The van der Waals surface area contributed by atoms with Crippen molar-refractivity contribution in [3.63, 3.8) is 0 Å². The molecule has 2 heterocycles. The second kappa shape index (κ2) is 6.24. The van der Waals surface area contributed by atoms with Crippen molar-refractivity contribution in [2.75, 3.05) is 26.3 Å². The number of nitrogens with zero attached hydrogens (tertiary/aromatic N) is 1. The van der Waals surface area contributed by atoms with Crippen molar-refractivity contribution >= 4 is 0 Å². The number of fused-ring (bicyclic) bond motifs is 1. The number of hydrogen-bond donors (Lipinski definition) is 1. The minimum absolute atomic E-state index is 0.316. The molecule has 0 spiro atoms. The molecule has 2 N–H and O–H groups in total. The van der Waals surface area contributed by atoms with E-state index in [4.69, 9.17) is 15.2 Å². The fourth-order valence-corrected chi connectivity index (χ4v) is 3.36. The topological polar surface area (TPSA) is 47.7 Å². The molecule has 0 aliphatic carbocycles. The molecular formula is C17H26N2O2. The maximum absolute atomic E-state index is 6.03. The van der Waals surface area contributed by atoms with Gasteiger partial charge in [0, 0.05) is 12.1 Å². The Balaban J connectivity index is 1.67. The van der Waals surface area contributed by atoms with Gasteiger partial charge in [0.2, 0.25) is 0 Å². The lowest BCUT2D eigenvalue weighted by molar-refractivity contribution is 0.131. The van der Waals surface area contributed by atoms with Crippen LogP contribution in [0.5, 0.6) is 11.5 Å². The molecule has 2 aliphatic heterocycles. The van der Waals surface area contributed by atoms with Gasteiger partial charge in [0.05, 0.1) is 0 Å². The average Bonchev–Trinajstić information content (AvgIpc) is 2.54. The van der Waals surface area contributed by atoms with Gasteiger partial charge in [-0.25, -0.2) is 0 Å². The van der Waals surface area contributed by atoms with Crippen molar-refractivity contribution in [1.82, 2.24) is 4.90 Å². The molecule has 4 heteroatoms. The van der Waals surface area contributed by atoms with E-state index in [9.17, 15) is 0 Å². The van der Waals surface area contributed by atoms with Crippen LogP contribution in [0.15, 0.2) is 18.2 Å². The maximum atomic E-state index is 6.03. The number of rotatable bonds is 3. The monoisotopic (exact) mass is 290 g/mol. The Labute approximate surface area is 127 Å². The fourth-order valence-electron chi connectivity index (χ4n) is 3.36. The fraction of sp³-hybridized carbons (Fsp3) is 0.647. The van der Waals surface area contributed by atoms with Gasteiger partial charge < -0.3 is 15.2 Å². The lowest BCUT2D eigenvalue weighted by Gasteiger charge is -2.37. The van der Waals surface area contributed by atoms with E-state index >= 15 is 0 Å². The van der Waals surface area contributed by atoms with Crippen molar-refractivity contribution in [2.45, 2.75) is 38.8 Å². The number of likely N-dealkylation sites (tertiary alicyclic amines) is 1. The molecule has 1 fully saturated rings. The van der Waals surface area contributed by atoms with Crippen LogP contribution < -0.4 is 15.2 Å². The largest absolute Gasteiger partial charge is 0.486 e. The lowest BCUT2D eigenvalue weighted by Crippen LogP contribution is -2.40. The standard InChI is InChI=1S/C17H26N2O2/c1-12(18)14-5-7-19(8-6-14)13(2)15-3-4-16-17(11-15)21-10-9-20-16/h3-4,11-14H,5-10,18H2,1-2H3. The molecule has 1 aromatic rings. The molecule has 116 valence electrons. The summed E-state index contributed by atoms with van der Waals surface area (Å²) in [6.07, 6.45) is 2.40. The van der Waals surface area contributed by atoms with Crippen molar-refractivity contribution in [2.24, 2.45) is 11.7 Å². The van der Waals surface area contributed by atoms with E-state index in [2.05, 4.69) is 30.9 Å². The highest BCUT2D eigenvalue weighted by molar-refractivity contribution is 5.44. The summed E-state index contributed by atoms with van der Waals surface area (Å²) in [6.45, 7) is 7.95. The molecule has 2 aliphatic rings. The summed E-state index contributed by atoms with van der Waals surface area (Å²) in [7, 11) is 0. The molecular weight excluding hydrogens is 264 g/mol. The summed E-state index contributed by atoms with van der Waals surface area (Å²) in [5.41, 5.74) is 7.33. The van der Waals surface area contributed by atoms with Crippen LogP contribution in [-0.4, -0.2) is 37.2 Å². The number of hydrogen-bond acceptors (Lipinski definition) is 4. The van der Waals surface area contributed by atoms with Crippen LogP contribution in [0.25, 0.3) is 0 Å². The Kier molecular flexibility index (Phi) is 4.36. The number of benzene rings is 1. The van der Waals surface area contributed by atoms with Crippen LogP contribution in [0.3, 0.4) is 0 Å². The van der Waals surface area contributed by atoms with Crippen LogP contribution in [0.2, 0.25) is 0 Å². The third kappa shape index (κ3) is 3.16. The molecule has 0 saturated carbocycles. The number of nitrogens with two attached hydrogens (primary N) is 1. The predicted octanol–water partition coefficient (Wildman–Crippen LogP) is 2.58. The molecule has 1 saturated heterocycles. The second-order valence-electron chi connectivity index (χ2n) is 6.31. The molecule has 2 unspecified atom stereocenters. The van der Waals surface area contributed by atoms with Crippen LogP contribution in [0.4, 0.5) is 0 Å². The van der Waals surface area contributed by atoms with Crippen molar-refractivity contribution in [1.29, 1.82) is 0 Å².